The minimum atomic E-state index is -0.378. The highest BCUT2D eigenvalue weighted by molar-refractivity contribution is 5.88. The lowest BCUT2D eigenvalue weighted by Crippen LogP contribution is -2.57. The van der Waals surface area contributed by atoms with Gasteiger partial charge in [-0.3, -0.25) is 4.79 Å². The molecule has 8 rings (SSSR count). The highest BCUT2D eigenvalue weighted by atomic mass is 16.6. The van der Waals surface area contributed by atoms with E-state index in [0.29, 0.717) is 28.6 Å². The Morgan fingerprint density at radius 2 is 1.31 bits per heavy atom. The molecule has 5 unspecified atom stereocenters. The van der Waals surface area contributed by atoms with Gasteiger partial charge in [-0.05, 0) is 135 Å². The first kappa shape index (κ1) is 37.4. The first-order valence-electron chi connectivity index (χ1n) is 18.7. The molecule has 0 aromatic rings. The molecule has 0 spiro atoms. The Morgan fingerprint density at radius 3 is 1.78 bits per heavy atom. The van der Waals surface area contributed by atoms with Gasteiger partial charge in [0, 0.05) is 34.0 Å². The molecule has 1 saturated heterocycles. The van der Waals surface area contributed by atoms with Crippen LogP contribution in [0.25, 0.3) is 0 Å². The van der Waals surface area contributed by atoms with E-state index in [0.717, 1.165) is 43.4 Å². The average Bonchev–Trinajstić information content (AvgIpc) is 3.77. The van der Waals surface area contributed by atoms with Crippen LogP contribution in [0.1, 0.15) is 126 Å². The van der Waals surface area contributed by atoms with Crippen LogP contribution >= 0.6 is 0 Å². The third-order valence-electron chi connectivity index (χ3n) is 13.2. The van der Waals surface area contributed by atoms with Gasteiger partial charge in [-0.1, -0.05) is 33.6 Å². The molecule has 0 aromatic heterocycles. The maximum Gasteiger partial charge on any atom is 0.333 e. The van der Waals surface area contributed by atoms with Crippen molar-refractivity contribution in [3.8, 4) is 0 Å². The van der Waals surface area contributed by atoms with Crippen LogP contribution in [0.3, 0.4) is 0 Å². The van der Waals surface area contributed by atoms with Gasteiger partial charge in [-0.25, -0.2) is 14.4 Å². The van der Waals surface area contributed by atoms with Crippen LogP contribution in [-0.2, 0) is 38.1 Å². The van der Waals surface area contributed by atoms with Crippen molar-refractivity contribution in [2.45, 2.75) is 149 Å². The number of rotatable bonds is 8. The van der Waals surface area contributed by atoms with Crippen LogP contribution < -0.4 is 0 Å². The van der Waals surface area contributed by atoms with Gasteiger partial charge < -0.3 is 18.9 Å². The van der Waals surface area contributed by atoms with Gasteiger partial charge in [-0.2, -0.15) is 0 Å². The van der Waals surface area contributed by atoms with Gasteiger partial charge in [0.2, 0.25) is 0 Å². The lowest BCUT2D eigenvalue weighted by Gasteiger charge is -2.61. The fraction of sp³-hybridized carbons (Fsp3) is 0.756. The molecule has 8 nitrogen and oxygen atoms in total. The van der Waals surface area contributed by atoms with Crippen LogP contribution in [-0.4, -0.2) is 47.3 Å². The molecule has 0 N–H and O–H groups in total. The molecule has 5 atom stereocenters. The molecule has 8 heteroatoms. The number of carbonyl (C=O) groups excluding carboxylic acids is 4. The summed E-state index contributed by atoms with van der Waals surface area (Å²) in [6, 6.07) is 0. The van der Waals surface area contributed by atoms with Crippen molar-refractivity contribution in [2.24, 2.45) is 46.8 Å². The second kappa shape index (κ2) is 14.0. The fourth-order valence-corrected chi connectivity index (χ4v) is 10.6. The Bertz CT molecular complexity index is 1330. The largest absolute Gasteiger partial charge is 0.458 e. The molecule has 8 aliphatic rings. The quantitative estimate of drug-likeness (QED) is 0.143. The molecule has 0 aromatic carbocycles. The smallest absolute Gasteiger partial charge is 0.333 e. The molecule has 49 heavy (non-hydrogen) atoms. The van der Waals surface area contributed by atoms with Crippen LogP contribution in [0.15, 0.2) is 36.5 Å². The van der Waals surface area contributed by atoms with E-state index in [4.69, 9.17) is 18.9 Å². The second-order valence-corrected chi connectivity index (χ2v) is 17.5. The van der Waals surface area contributed by atoms with E-state index in [-0.39, 0.29) is 64.5 Å². The first-order valence-corrected chi connectivity index (χ1v) is 18.7. The SMILES string of the molecule is C=C(C)C(=O)OC(C)(C)C12CC3CC(CC(C3)C1)C2.C=C(C)C(=O)OC1(C(C)C)CCCC1.C=C(C)C(=O)OC1C2CC3C(=O)OC1C3C2. The third kappa shape index (κ3) is 7.44. The Balaban J connectivity index is 0.000000145. The maximum atomic E-state index is 11.9. The van der Waals surface area contributed by atoms with Crippen molar-refractivity contribution in [1.29, 1.82) is 0 Å². The average molecular weight is 681 g/mol. The summed E-state index contributed by atoms with van der Waals surface area (Å²) in [5, 5.41) is 0. The first-order chi connectivity index (χ1) is 22.9. The Labute approximate surface area is 293 Å². The highest BCUT2D eigenvalue weighted by Crippen LogP contribution is 2.64. The summed E-state index contributed by atoms with van der Waals surface area (Å²) in [6.45, 7) is 24.4. The number of fused-ring (bicyclic) bond motifs is 1. The van der Waals surface area contributed by atoms with Crippen molar-refractivity contribution in [1.82, 2.24) is 0 Å². The molecule has 272 valence electrons. The lowest BCUT2D eigenvalue weighted by atomic mass is 9.46. The number of hydrogen-bond donors (Lipinski definition) is 0. The molecule has 6 bridgehead atoms. The minimum absolute atomic E-state index is 0.0646. The van der Waals surface area contributed by atoms with E-state index in [1.807, 2.05) is 0 Å². The van der Waals surface area contributed by atoms with Crippen molar-refractivity contribution in [3.63, 3.8) is 0 Å². The summed E-state index contributed by atoms with van der Waals surface area (Å²) in [5.74, 6) is 2.75. The summed E-state index contributed by atoms with van der Waals surface area (Å²) in [7, 11) is 0. The molecule has 7 saturated carbocycles. The third-order valence-corrected chi connectivity index (χ3v) is 13.2. The molecule has 0 radical (unpaired) electrons. The zero-order valence-corrected chi connectivity index (χ0v) is 31.1. The van der Waals surface area contributed by atoms with Crippen LogP contribution in [0, 0.1) is 46.8 Å². The maximum absolute atomic E-state index is 11.9. The molecule has 7 aliphatic carbocycles. The topological polar surface area (TPSA) is 105 Å². The van der Waals surface area contributed by atoms with Gasteiger partial charge in [-0.15, -0.1) is 0 Å². The molecular weight excluding hydrogens is 620 g/mol. The Morgan fingerprint density at radius 1 is 0.796 bits per heavy atom. The predicted octanol–water partition coefficient (Wildman–Crippen LogP) is 8.23. The normalized spacial score (nSPS) is 35.4. The molecule has 8 fully saturated rings. The summed E-state index contributed by atoms with van der Waals surface area (Å²) >= 11 is 0. The predicted molar refractivity (Wildman–Crippen MR) is 187 cm³/mol. The van der Waals surface area contributed by atoms with Crippen LogP contribution in [0.2, 0.25) is 0 Å². The van der Waals surface area contributed by atoms with Crippen LogP contribution in [0.4, 0.5) is 0 Å². The van der Waals surface area contributed by atoms with Crippen molar-refractivity contribution < 1.29 is 38.1 Å². The molecule has 0 amide bonds. The monoisotopic (exact) mass is 680 g/mol. The number of ether oxygens (including phenoxy) is 4. The van der Waals surface area contributed by atoms with Gasteiger partial charge in [0.1, 0.15) is 23.4 Å². The summed E-state index contributed by atoms with van der Waals surface area (Å²) in [5.41, 5.74) is 1.07. The molecule has 1 heterocycles. The van der Waals surface area contributed by atoms with Crippen molar-refractivity contribution >= 4 is 23.9 Å². The molecule has 1 aliphatic heterocycles. The number of hydrogen-bond acceptors (Lipinski definition) is 8. The zero-order valence-electron chi connectivity index (χ0n) is 31.1. The minimum Gasteiger partial charge on any atom is -0.458 e. The van der Waals surface area contributed by atoms with Crippen molar-refractivity contribution in [2.75, 3.05) is 0 Å². The van der Waals surface area contributed by atoms with Crippen molar-refractivity contribution in [3.05, 3.63) is 36.5 Å². The zero-order chi connectivity index (χ0) is 36.1. The van der Waals surface area contributed by atoms with E-state index in [1.54, 1.807) is 20.8 Å². The van der Waals surface area contributed by atoms with E-state index >= 15 is 0 Å². The van der Waals surface area contributed by atoms with Gasteiger partial charge in [0.25, 0.3) is 0 Å². The molecular formula is C41H60O8. The van der Waals surface area contributed by atoms with Gasteiger partial charge >= 0.3 is 23.9 Å². The van der Waals surface area contributed by atoms with E-state index in [9.17, 15) is 19.2 Å². The van der Waals surface area contributed by atoms with E-state index < -0.39 is 0 Å². The summed E-state index contributed by atoms with van der Waals surface area (Å²) < 4.78 is 22.1. The standard InChI is InChI=1S/C17H26O2.C12H14O4.C12H20O2/c1-11(2)15(18)19-16(3,4)17-8-12-5-13(9-17)7-14(6-12)10-17;1-5(2)11(13)15-9-6-3-7-8(4-6)12(14)16-10(7)9;1-9(2)11(13)14-12(10(3)4)7-5-6-8-12/h12-14H,1,5-10H2,2-4H3;6-10H,1,3-4H2,2H3;10H,1,5-8H2,2-4H3. The number of esters is 4. The fourth-order valence-electron chi connectivity index (χ4n) is 10.6. The van der Waals surface area contributed by atoms with Crippen LogP contribution in [0.5, 0.6) is 0 Å². The Hall–Kier alpha value is -2.90. The van der Waals surface area contributed by atoms with E-state index in [1.165, 1.54) is 51.4 Å². The second-order valence-electron chi connectivity index (χ2n) is 17.5. The highest BCUT2D eigenvalue weighted by Gasteiger charge is 2.63. The van der Waals surface area contributed by atoms with E-state index in [2.05, 4.69) is 47.4 Å². The lowest BCUT2D eigenvalue weighted by molar-refractivity contribution is -0.195. The summed E-state index contributed by atoms with van der Waals surface area (Å²) in [6.07, 6.45) is 13.7. The van der Waals surface area contributed by atoms with Gasteiger partial charge in [0.05, 0.1) is 5.92 Å². The number of carbonyl (C=O) groups is 4. The Kier molecular flexibility index (Phi) is 10.7. The van der Waals surface area contributed by atoms with Gasteiger partial charge in [0.15, 0.2) is 0 Å². The summed E-state index contributed by atoms with van der Waals surface area (Å²) in [4.78, 5) is 46.4.